The summed E-state index contributed by atoms with van der Waals surface area (Å²) >= 11 is 15.7. The minimum absolute atomic E-state index is 0.0271. The standard InChI is InChI=1S/C28H30BrCl2N3O4S/c1-4-26(28(36)32-19(2)3)33(17-20-10-15-24(30)25(31)16-20)27(35)18-34(22-13-11-21(29)12-14-22)39(37,38)23-8-6-5-7-9-23/h5-16,19,26H,4,17-18H2,1-3H3,(H,32,36)/t26-/m0/s1. The first kappa shape index (κ1) is 30.9. The molecule has 0 heterocycles. The molecule has 1 atom stereocenters. The van der Waals surface area contributed by atoms with Gasteiger partial charge in [0, 0.05) is 17.1 Å². The van der Waals surface area contributed by atoms with Crippen molar-refractivity contribution in [3.05, 3.63) is 92.9 Å². The van der Waals surface area contributed by atoms with Crippen molar-refractivity contribution in [2.24, 2.45) is 0 Å². The molecule has 0 saturated heterocycles. The number of carbonyl (C=O) groups is 2. The Labute approximate surface area is 248 Å². The number of nitrogens with zero attached hydrogens (tertiary/aromatic N) is 2. The number of carbonyl (C=O) groups excluding carboxylic acids is 2. The van der Waals surface area contributed by atoms with Gasteiger partial charge in [-0.25, -0.2) is 8.42 Å². The summed E-state index contributed by atoms with van der Waals surface area (Å²) in [7, 11) is -4.12. The summed E-state index contributed by atoms with van der Waals surface area (Å²) in [5, 5.41) is 3.53. The van der Waals surface area contributed by atoms with E-state index in [1.807, 2.05) is 13.8 Å². The molecule has 0 aliphatic carbocycles. The lowest BCUT2D eigenvalue weighted by Crippen LogP contribution is -2.53. The number of hydrogen-bond donors (Lipinski definition) is 1. The van der Waals surface area contributed by atoms with Gasteiger partial charge >= 0.3 is 0 Å². The molecule has 1 N–H and O–H groups in total. The maximum Gasteiger partial charge on any atom is 0.264 e. The van der Waals surface area contributed by atoms with Gasteiger partial charge in [-0.2, -0.15) is 0 Å². The van der Waals surface area contributed by atoms with Crippen LogP contribution in [0.25, 0.3) is 0 Å². The lowest BCUT2D eigenvalue weighted by molar-refractivity contribution is -0.140. The molecular formula is C28H30BrCl2N3O4S. The van der Waals surface area contributed by atoms with E-state index in [4.69, 9.17) is 23.2 Å². The molecule has 208 valence electrons. The molecule has 0 saturated carbocycles. The molecule has 0 bridgehead atoms. The van der Waals surface area contributed by atoms with Crippen LogP contribution in [-0.2, 0) is 26.2 Å². The van der Waals surface area contributed by atoms with Crippen molar-refractivity contribution in [1.82, 2.24) is 10.2 Å². The van der Waals surface area contributed by atoms with Crippen LogP contribution in [-0.4, -0.2) is 43.8 Å². The fraction of sp³-hybridized carbons (Fsp3) is 0.286. The minimum Gasteiger partial charge on any atom is -0.352 e. The van der Waals surface area contributed by atoms with Gasteiger partial charge in [-0.1, -0.05) is 70.3 Å². The molecule has 0 radical (unpaired) electrons. The summed E-state index contributed by atoms with van der Waals surface area (Å²) in [6, 6.07) is 18.5. The number of hydrogen-bond acceptors (Lipinski definition) is 4. The van der Waals surface area contributed by atoms with Gasteiger partial charge in [-0.15, -0.1) is 0 Å². The summed E-state index contributed by atoms with van der Waals surface area (Å²) in [4.78, 5) is 28.6. The Bertz CT molecular complexity index is 1400. The molecule has 0 aliphatic heterocycles. The lowest BCUT2D eigenvalue weighted by atomic mass is 10.1. The summed E-state index contributed by atoms with van der Waals surface area (Å²) < 4.78 is 29.4. The van der Waals surface area contributed by atoms with Gasteiger partial charge in [0.1, 0.15) is 12.6 Å². The van der Waals surface area contributed by atoms with Gasteiger partial charge in [0.05, 0.1) is 20.6 Å². The van der Waals surface area contributed by atoms with Gasteiger partial charge in [0.2, 0.25) is 11.8 Å². The molecule has 2 amide bonds. The highest BCUT2D eigenvalue weighted by atomic mass is 79.9. The smallest absolute Gasteiger partial charge is 0.264 e. The second kappa shape index (κ2) is 13.7. The van der Waals surface area contributed by atoms with Crippen LogP contribution >= 0.6 is 39.1 Å². The molecule has 0 spiro atoms. The highest BCUT2D eigenvalue weighted by Gasteiger charge is 2.33. The Hall–Kier alpha value is -2.59. The molecule has 0 aliphatic rings. The Morgan fingerprint density at radius 2 is 1.59 bits per heavy atom. The number of benzene rings is 3. The second-order valence-corrected chi connectivity index (χ2v) is 12.8. The predicted octanol–water partition coefficient (Wildman–Crippen LogP) is 6.28. The fourth-order valence-corrected chi connectivity index (χ4v) is 6.01. The number of rotatable bonds is 11. The van der Waals surface area contributed by atoms with Gasteiger partial charge in [0.15, 0.2) is 0 Å². The number of nitrogens with one attached hydrogen (secondary N) is 1. The van der Waals surface area contributed by atoms with Crippen LogP contribution in [0.2, 0.25) is 10.0 Å². The fourth-order valence-electron chi connectivity index (χ4n) is 3.99. The van der Waals surface area contributed by atoms with Crippen molar-refractivity contribution >= 4 is 66.7 Å². The van der Waals surface area contributed by atoms with E-state index in [9.17, 15) is 18.0 Å². The summed E-state index contributed by atoms with van der Waals surface area (Å²) in [5.41, 5.74) is 0.958. The van der Waals surface area contributed by atoms with Crippen LogP contribution in [0.5, 0.6) is 0 Å². The van der Waals surface area contributed by atoms with Crippen LogP contribution in [0, 0.1) is 0 Å². The number of halogens is 3. The van der Waals surface area contributed by atoms with E-state index in [2.05, 4.69) is 21.2 Å². The molecule has 11 heteroatoms. The number of sulfonamides is 1. The van der Waals surface area contributed by atoms with E-state index >= 15 is 0 Å². The van der Waals surface area contributed by atoms with Crippen LogP contribution in [0.1, 0.15) is 32.8 Å². The first-order chi connectivity index (χ1) is 18.4. The molecule has 0 fully saturated rings. The van der Waals surface area contributed by atoms with Crippen LogP contribution in [0.15, 0.2) is 82.2 Å². The Kier molecular flexibility index (Phi) is 10.8. The van der Waals surface area contributed by atoms with Gasteiger partial charge < -0.3 is 10.2 Å². The van der Waals surface area contributed by atoms with Crippen molar-refractivity contribution in [2.75, 3.05) is 10.8 Å². The van der Waals surface area contributed by atoms with E-state index in [1.54, 1.807) is 67.6 Å². The van der Waals surface area contributed by atoms with Crippen molar-refractivity contribution in [2.45, 2.75) is 50.7 Å². The molecule has 3 aromatic rings. The molecular weight excluding hydrogens is 625 g/mol. The largest absolute Gasteiger partial charge is 0.352 e. The van der Waals surface area contributed by atoms with Crippen molar-refractivity contribution < 1.29 is 18.0 Å². The average Bonchev–Trinajstić information content (AvgIpc) is 2.89. The molecule has 39 heavy (non-hydrogen) atoms. The van der Waals surface area contributed by atoms with E-state index in [1.165, 1.54) is 17.0 Å². The third-order valence-electron chi connectivity index (χ3n) is 5.88. The van der Waals surface area contributed by atoms with Crippen LogP contribution in [0.3, 0.4) is 0 Å². The highest BCUT2D eigenvalue weighted by molar-refractivity contribution is 9.10. The minimum atomic E-state index is -4.12. The normalized spacial score (nSPS) is 12.2. The summed E-state index contributed by atoms with van der Waals surface area (Å²) in [6.07, 6.45) is 0.315. The molecule has 3 aromatic carbocycles. The lowest BCUT2D eigenvalue weighted by Gasteiger charge is -2.33. The monoisotopic (exact) mass is 653 g/mol. The second-order valence-electron chi connectivity index (χ2n) is 9.16. The van der Waals surface area contributed by atoms with Crippen LogP contribution < -0.4 is 9.62 Å². The molecule has 3 rings (SSSR count). The summed E-state index contributed by atoms with van der Waals surface area (Å²) in [5.74, 6) is -0.878. The Morgan fingerprint density at radius 1 is 0.949 bits per heavy atom. The summed E-state index contributed by atoms with van der Waals surface area (Å²) in [6.45, 7) is 4.97. The maximum atomic E-state index is 14.0. The van der Waals surface area contributed by atoms with Crippen LogP contribution in [0.4, 0.5) is 5.69 Å². The van der Waals surface area contributed by atoms with E-state index < -0.39 is 28.5 Å². The highest BCUT2D eigenvalue weighted by Crippen LogP contribution is 2.27. The predicted molar refractivity (Wildman–Crippen MR) is 159 cm³/mol. The van der Waals surface area contributed by atoms with E-state index in [0.717, 1.165) is 8.78 Å². The van der Waals surface area contributed by atoms with Crippen molar-refractivity contribution in [1.29, 1.82) is 0 Å². The SMILES string of the molecule is CC[C@@H](C(=O)NC(C)C)N(Cc1ccc(Cl)c(Cl)c1)C(=O)CN(c1ccc(Br)cc1)S(=O)(=O)c1ccccc1. The van der Waals surface area contributed by atoms with Gasteiger partial charge in [-0.05, 0) is 74.4 Å². The van der Waals surface area contributed by atoms with Gasteiger partial charge in [0.25, 0.3) is 10.0 Å². The molecule has 7 nitrogen and oxygen atoms in total. The first-order valence-electron chi connectivity index (χ1n) is 12.3. The zero-order chi connectivity index (χ0) is 28.7. The third kappa shape index (κ3) is 7.97. The van der Waals surface area contributed by atoms with Gasteiger partial charge in [-0.3, -0.25) is 13.9 Å². The van der Waals surface area contributed by atoms with E-state index in [-0.39, 0.29) is 23.4 Å². The van der Waals surface area contributed by atoms with Crippen molar-refractivity contribution in [3.63, 3.8) is 0 Å². The third-order valence-corrected chi connectivity index (χ3v) is 8.93. The average molecular weight is 655 g/mol. The maximum absolute atomic E-state index is 14.0. The Morgan fingerprint density at radius 3 is 2.15 bits per heavy atom. The van der Waals surface area contributed by atoms with E-state index in [0.29, 0.717) is 27.7 Å². The number of amides is 2. The Balaban J connectivity index is 2.06. The zero-order valence-corrected chi connectivity index (χ0v) is 25.7. The quantitative estimate of drug-likeness (QED) is 0.264. The molecule has 0 unspecified atom stereocenters. The molecule has 0 aromatic heterocycles. The first-order valence-corrected chi connectivity index (χ1v) is 15.3. The zero-order valence-electron chi connectivity index (χ0n) is 21.8. The van der Waals surface area contributed by atoms with Crippen molar-refractivity contribution in [3.8, 4) is 0 Å². The topological polar surface area (TPSA) is 86.8 Å². The number of anilines is 1.